The highest BCUT2D eigenvalue weighted by Crippen LogP contribution is 2.39. The van der Waals surface area contributed by atoms with Gasteiger partial charge in [-0.1, -0.05) is 0 Å². The Labute approximate surface area is 292 Å². The Morgan fingerprint density at radius 2 is 1.25 bits per heavy atom. The molecule has 2 aliphatic carbocycles. The second-order valence-corrected chi connectivity index (χ2v) is 14.1. The molecule has 2 aromatic heterocycles. The molecule has 51 heavy (non-hydrogen) atoms. The number of nitrogens with one attached hydrogen (secondary N) is 1. The number of pyridine rings is 2. The molecule has 0 saturated heterocycles. The van der Waals surface area contributed by atoms with Gasteiger partial charge in [-0.25, -0.2) is 23.5 Å². The number of nitrogens with two attached hydrogens (primary N) is 3. The first-order valence-corrected chi connectivity index (χ1v) is 16.5. The SMILES string of the molecule is CC(C)(C)OC(=O)NC1(C(N)=O)CCC(N2C(=O)COc3ncc(F)cc32)CC1.NC(=O)C1(N)CCC(N2C(=O)COc3ncc(F)cc32)CC1. The van der Waals surface area contributed by atoms with Crippen molar-refractivity contribution in [3.63, 3.8) is 0 Å². The lowest BCUT2D eigenvalue weighted by atomic mass is 9.78. The van der Waals surface area contributed by atoms with Crippen molar-refractivity contribution >= 4 is 41.1 Å². The molecule has 2 fully saturated rings. The van der Waals surface area contributed by atoms with Gasteiger partial charge in [0.2, 0.25) is 23.6 Å². The topological polar surface area (TPSA) is 235 Å². The number of carbonyl (C=O) groups excluding carboxylic acids is 5. The van der Waals surface area contributed by atoms with Crippen molar-refractivity contribution in [2.75, 3.05) is 23.0 Å². The van der Waals surface area contributed by atoms with E-state index in [0.29, 0.717) is 44.2 Å². The molecule has 0 spiro atoms. The van der Waals surface area contributed by atoms with Crippen molar-refractivity contribution in [2.24, 2.45) is 17.2 Å². The molecule has 18 heteroatoms. The summed E-state index contributed by atoms with van der Waals surface area (Å²) in [7, 11) is 0. The molecule has 276 valence electrons. The van der Waals surface area contributed by atoms with Crippen LogP contribution in [0.4, 0.5) is 25.0 Å². The molecule has 2 saturated carbocycles. The molecule has 4 heterocycles. The van der Waals surface area contributed by atoms with E-state index in [2.05, 4.69) is 15.3 Å². The lowest BCUT2D eigenvalue weighted by Crippen LogP contribution is -2.61. The molecule has 2 aromatic rings. The van der Waals surface area contributed by atoms with Gasteiger partial charge in [-0.05, 0) is 72.1 Å². The minimum absolute atomic E-state index is 0.133. The summed E-state index contributed by atoms with van der Waals surface area (Å²) in [6.45, 7) is 4.82. The summed E-state index contributed by atoms with van der Waals surface area (Å²) in [4.78, 5) is 71.2. The quantitative estimate of drug-likeness (QED) is 0.348. The van der Waals surface area contributed by atoms with Gasteiger partial charge in [-0.3, -0.25) is 19.2 Å². The number of ether oxygens (including phenoxy) is 3. The Bertz CT molecular complexity index is 1700. The Hall–Kier alpha value is -5.13. The molecule has 0 atom stereocenters. The van der Waals surface area contributed by atoms with Crippen LogP contribution < -0.4 is 41.8 Å². The van der Waals surface area contributed by atoms with E-state index in [1.54, 1.807) is 20.8 Å². The van der Waals surface area contributed by atoms with Crippen molar-refractivity contribution < 1.29 is 47.0 Å². The van der Waals surface area contributed by atoms with Gasteiger partial charge in [0.15, 0.2) is 13.2 Å². The highest BCUT2D eigenvalue weighted by molar-refractivity contribution is 5.99. The predicted molar refractivity (Wildman–Crippen MR) is 176 cm³/mol. The summed E-state index contributed by atoms with van der Waals surface area (Å²) in [6.07, 6.45) is 4.33. The van der Waals surface area contributed by atoms with Crippen molar-refractivity contribution in [3.05, 3.63) is 36.2 Å². The third-order valence-electron chi connectivity index (χ3n) is 9.41. The number of hydrogen-bond acceptors (Lipinski definition) is 11. The molecule has 5 amide bonds. The summed E-state index contributed by atoms with van der Waals surface area (Å²) in [5, 5.41) is 2.62. The van der Waals surface area contributed by atoms with Crippen molar-refractivity contribution in [1.29, 1.82) is 0 Å². The van der Waals surface area contributed by atoms with Crippen LogP contribution in [0.5, 0.6) is 11.8 Å². The van der Waals surface area contributed by atoms with Crippen molar-refractivity contribution in [1.82, 2.24) is 15.3 Å². The van der Waals surface area contributed by atoms with Gasteiger partial charge in [-0.2, -0.15) is 0 Å². The van der Waals surface area contributed by atoms with Gasteiger partial charge in [-0.15, -0.1) is 0 Å². The second-order valence-electron chi connectivity index (χ2n) is 14.1. The molecule has 0 radical (unpaired) electrons. The van der Waals surface area contributed by atoms with Crippen LogP contribution in [-0.2, 0) is 23.9 Å². The summed E-state index contributed by atoms with van der Waals surface area (Å²) in [5.74, 6) is -2.47. The second kappa shape index (κ2) is 14.2. The van der Waals surface area contributed by atoms with Gasteiger partial charge in [0, 0.05) is 24.2 Å². The fourth-order valence-electron chi connectivity index (χ4n) is 6.78. The average Bonchev–Trinajstić information content (AvgIpc) is 3.05. The molecule has 4 aliphatic rings. The van der Waals surface area contributed by atoms with Crippen molar-refractivity contribution in [2.45, 2.75) is 101 Å². The van der Waals surface area contributed by atoms with E-state index < -0.39 is 46.2 Å². The standard InChI is InChI=1S/C19H25FN4O5.C14H17FN4O3/c1-18(2,3)29-17(27)23-19(16(21)26)6-4-12(5-7-19)24-13-8-11(20)9-22-15(13)28-10-14(24)25;15-8-5-10-12(18-6-8)22-7-11(20)19(10)9-1-3-14(17,4-2-9)13(16)21/h8-9,12H,4-7,10H2,1-3H3,(H2,21,26)(H,23,27);5-6,9H,1-4,7,17H2,(H2,16,21). The molecule has 0 aromatic carbocycles. The Morgan fingerprint density at radius 3 is 1.65 bits per heavy atom. The van der Waals surface area contributed by atoms with Gasteiger partial charge in [0.1, 0.15) is 34.1 Å². The molecule has 7 N–H and O–H groups in total. The smallest absolute Gasteiger partial charge is 0.408 e. The monoisotopic (exact) mass is 716 g/mol. The van der Waals surface area contributed by atoms with Crippen LogP contribution in [0, 0.1) is 11.6 Å². The van der Waals surface area contributed by atoms with Gasteiger partial charge < -0.3 is 46.5 Å². The van der Waals surface area contributed by atoms with E-state index in [-0.39, 0.29) is 67.4 Å². The number of nitrogens with zero attached hydrogens (tertiary/aromatic N) is 4. The third kappa shape index (κ3) is 8.10. The first-order chi connectivity index (χ1) is 23.9. The Morgan fingerprint density at radius 1 is 0.824 bits per heavy atom. The summed E-state index contributed by atoms with van der Waals surface area (Å²) < 4.78 is 42.9. The van der Waals surface area contributed by atoms with E-state index in [0.717, 1.165) is 12.4 Å². The normalized spacial score (nSPS) is 25.9. The van der Waals surface area contributed by atoms with Crippen LogP contribution in [0.25, 0.3) is 0 Å². The van der Waals surface area contributed by atoms with Gasteiger partial charge >= 0.3 is 6.09 Å². The van der Waals surface area contributed by atoms with Crippen molar-refractivity contribution in [3.8, 4) is 11.8 Å². The number of amides is 5. The fraction of sp³-hybridized carbons (Fsp3) is 0.545. The molecule has 16 nitrogen and oxygen atoms in total. The fourth-order valence-corrected chi connectivity index (χ4v) is 6.78. The minimum Gasteiger partial charge on any atom is -0.466 e. The van der Waals surface area contributed by atoms with E-state index in [1.807, 2.05) is 0 Å². The summed E-state index contributed by atoms with van der Waals surface area (Å²) >= 11 is 0. The largest absolute Gasteiger partial charge is 0.466 e. The first kappa shape index (κ1) is 37.1. The molecule has 6 rings (SSSR count). The average molecular weight is 717 g/mol. The van der Waals surface area contributed by atoms with E-state index in [1.165, 1.54) is 21.9 Å². The Balaban J connectivity index is 0.000000205. The van der Waals surface area contributed by atoms with Crippen LogP contribution in [0.2, 0.25) is 0 Å². The maximum atomic E-state index is 13.7. The van der Waals surface area contributed by atoms with Crippen LogP contribution in [0.3, 0.4) is 0 Å². The number of primary amides is 2. The first-order valence-electron chi connectivity index (χ1n) is 16.5. The number of rotatable bonds is 5. The van der Waals surface area contributed by atoms with Crippen LogP contribution in [0.15, 0.2) is 24.5 Å². The number of hydrogen-bond donors (Lipinski definition) is 4. The lowest BCUT2D eigenvalue weighted by molar-refractivity contribution is -0.126. The number of anilines is 2. The maximum Gasteiger partial charge on any atom is 0.408 e. The molecule has 0 bridgehead atoms. The zero-order valence-electron chi connectivity index (χ0n) is 28.6. The Kier molecular flexibility index (Phi) is 10.4. The van der Waals surface area contributed by atoms with E-state index in [4.69, 9.17) is 31.4 Å². The van der Waals surface area contributed by atoms with Crippen LogP contribution in [0.1, 0.15) is 72.1 Å². The maximum absolute atomic E-state index is 13.7. The number of fused-ring (bicyclic) bond motifs is 2. The zero-order valence-corrected chi connectivity index (χ0v) is 28.6. The number of aromatic nitrogens is 2. The molecule has 2 aliphatic heterocycles. The third-order valence-corrected chi connectivity index (χ3v) is 9.41. The zero-order chi connectivity index (χ0) is 37.3. The minimum atomic E-state index is -1.27. The van der Waals surface area contributed by atoms with Crippen LogP contribution >= 0.6 is 0 Å². The molecule has 0 unspecified atom stereocenters. The van der Waals surface area contributed by atoms with E-state index in [9.17, 15) is 32.8 Å². The summed E-state index contributed by atoms with van der Waals surface area (Å²) in [5.41, 5.74) is 14.5. The summed E-state index contributed by atoms with van der Waals surface area (Å²) in [6, 6.07) is 1.96. The molecular formula is C33H42F2N8O8. The number of halogens is 2. The predicted octanol–water partition coefficient (Wildman–Crippen LogP) is 1.71. The number of alkyl carbamates (subject to hydrolysis) is 1. The highest BCUT2D eigenvalue weighted by Gasteiger charge is 2.46. The van der Waals surface area contributed by atoms with Gasteiger partial charge in [0.25, 0.3) is 11.8 Å². The van der Waals surface area contributed by atoms with Gasteiger partial charge in [0.05, 0.1) is 17.9 Å². The van der Waals surface area contributed by atoms with Crippen LogP contribution in [-0.4, -0.2) is 81.7 Å². The lowest BCUT2D eigenvalue weighted by Gasteiger charge is -2.43. The number of carbonyl (C=O) groups is 5. The van der Waals surface area contributed by atoms with E-state index >= 15 is 0 Å². The molecular weight excluding hydrogens is 674 g/mol. The highest BCUT2D eigenvalue weighted by atomic mass is 19.1.